The number of nitro groups is 1. The second-order valence-electron chi connectivity index (χ2n) is 11.3. The van der Waals surface area contributed by atoms with Gasteiger partial charge in [0.1, 0.15) is 0 Å². The third-order valence-electron chi connectivity index (χ3n) is 7.79. The van der Waals surface area contributed by atoms with E-state index in [4.69, 9.17) is 15.3 Å². The van der Waals surface area contributed by atoms with Crippen molar-refractivity contribution in [2.75, 3.05) is 50.9 Å². The van der Waals surface area contributed by atoms with Crippen LogP contribution in [0.5, 0.6) is 0 Å². The Morgan fingerprint density at radius 1 is 0.791 bits per heavy atom. The van der Waals surface area contributed by atoms with Crippen molar-refractivity contribution in [3.63, 3.8) is 0 Å². The van der Waals surface area contributed by atoms with Crippen LogP contribution >= 0.6 is 0 Å². The fourth-order valence-corrected chi connectivity index (χ4v) is 5.46. The predicted octanol–water partition coefficient (Wildman–Crippen LogP) is 5.09. The van der Waals surface area contributed by atoms with Gasteiger partial charge in [-0.1, -0.05) is 12.1 Å². The fraction of sp³-hybridized carbons (Fsp3) is 0.533. The monoisotopic (exact) mass is 600 g/mol. The Morgan fingerprint density at radius 3 is 1.67 bits per heavy atom. The molecule has 0 radical (unpaired) electrons. The Hall–Kier alpha value is -4.10. The summed E-state index contributed by atoms with van der Waals surface area (Å²) in [6.45, 7) is 11.1. The summed E-state index contributed by atoms with van der Waals surface area (Å²) in [5.41, 5.74) is 5.78. The van der Waals surface area contributed by atoms with E-state index in [9.17, 15) is 19.7 Å². The van der Waals surface area contributed by atoms with Crippen LogP contribution in [0.1, 0.15) is 73.6 Å². The average Bonchev–Trinajstić information content (AvgIpc) is 2.91. The summed E-state index contributed by atoms with van der Waals surface area (Å²) >= 11 is 0. The molecular weight excluding hydrogens is 556 g/mol. The molecule has 2 aliphatic rings. The molecule has 0 aliphatic carbocycles. The number of rotatable bonds is 5. The van der Waals surface area contributed by atoms with Gasteiger partial charge in [0.15, 0.2) is 0 Å². The largest absolute Gasteiger partial charge is 0.328 e. The van der Waals surface area contributed by atoms with Crippen molar-refractivity contribution in [1.82, 2.24) is 9.80 Å². The van der Waals surface area contributed by atoms with E-state index in [0.29, 0.717) is 11.6 Å². The minimum absolute atomic E-state index is 0.00913. The fourth-order valence-electron chi connectivity index (χ4n) is 5.46. The van der Waals surface area contributed by atoms with E-state index < -0.39 is 5.09 Å². The molecule has 4 rings (SSSR count). The second-order valence-corrected chi connectivity index (χ2v) is 11.3. The normalized spacial score (nSPS) is 16.1. The van der Waals surface area contributed by atoms with Crippen LogP contribution in [0.3, 0.4) is 0 Å². The Bertz CT molecular complexity index is 1280. The Labute approximate surface area is 252 Å². The van der Waals surface area contributed by atoms with Crippen molar-refractivity contribution in [2.24, 2.45) is 0 Å². The molecule has 2 heterocycles. The predicted molar refractivity (Wildman–Crippen MR) is 165 cm³/mol. The van der Waals surface area contributed by atoms with Crippen molar-refractivity contribution in [1.29, 1.82) is 0 Å². The van der Waals surface area contributed by atoms with Crippen LogP contribution in [0.15, 0.2) is 30.3 Å². The van der Waals surface area contributed by atoms with Gasteiger partial charge in [0.2, 0.25) is 11.8 Å². The van der Waals surface area contributed by atoms with Crippen molar-refractivity contribution in [3.05, 3.63) is 72.8 Å². The van der Waals surface area contributed by atoms with Crippen molar-refractivity contribution >= 4 is 28.9 Å². The lowest BCUT2D eigenvalue weighted by Crippen LogP contribution is -2.29. The topological polar surface area (TPSA) is 171 Å². The second kappa shape index (κ2) is 16.5. The first-order chi connectivity index (χ1) is 20.2. The van der Waals surface area contributed by atoms with Gasteiger partial charge in [-0.2, -0.15) is 0 Å². The number of anilines is 2. The van der Waals surface area contributed by atoms with Crippen LogP contribution in [-0.2, 0) is 9.59 Å². The van der Waals surface area contributed by atoms with Crippen LogP contribution in [0, 0.1) is 34.1 Å². The Kier molecular flexibility index (Phi) is 13.5. The van der Waals surface area contributed by atoms with Gasteiger partial charge >= 0.3 is 0 Å². The lowest BCUT2D eigenvalue weighted by molar-refractivity contribution is -0.742. The zero-order valence-corrected chi connectivity index (χ0v) is 25.9. The molecule has 0 bridgehead atoms. The third kappa shape index (κ3) is 11.6. The van der Waals surface area contributed by atoms with Gasteiger partial charge in [0, 0.05) is 31.2 Å². The molecule has 2 aromatic rings. The molecule has 0 aromatic heterocycles. The standard InChI is InChI=1S/C15H21N3O3.C15H22N2O.HNO3/c1-10-8-13(12-4-6-17(3)7-5-12)15(18(20)21)9-14(10)16-11(2)19;1-11-10-14(4-5-15(11)16-12(2)18)13-6-8-17(3)9-7-13;2-1(3)4/h8-9,12H,4-7H2,1-3H3,(H,16,19);4-5,10,13H,6-9H2,1-3H3,(H,16,18);(H,2,3,4). The molecule has 13 heteroatoms. The van der Waals surface area contributed by atoms with E-state index in [1.54, 1.807) is 6.92 Å². The molecule has 2 fully saturated rings. The first kappa shape index (κ1) is 35.1. The highest BCUT2D eigenvalue weighted by Gasteiger charge is 2.27. The van der Waals surface area contributed by atoms with Crippen LogP contribution in [0.2, 0.25) is 0 Å². The lowest BCUT2D eigenvalue weighted by atomic mass is 9.87. The van der Waals surface area contributed by atoms with Gasteiger partial charge in [-0.3, -0.25) is 19.7 Å². The number of piperidine rings is 2. The van der Waals surface area contributed by atoms with Gasteiger partial charge in [-0.25, -0.2) is 0 Å². The Morgan fingerprint density at radius 2 is 1.23 bits per heavy atom. The number of hydrogen-bond acceptors (Lipinski definition) is 8. The van der Waals surface area contributed by atoms with E-state index in [0.717, 1.165) is 48.3 Å². The molecule has 0 saturated carbocycles. The maximum absolute atomic E-state index is 11.4. The summed E-state index contributed by atoms with van der Waals surface area (Å²) < 4.78 is 0. The highest BCUT2D eigenvalue weighted by molar-refractivity contribution is 5.90. The van der Waals surface area contributed by atoms with Crippen LogP contribution in [-0.4, -0.2) is 77.1 Å². The number of hydrogen-bond donors (Lipinski definition) is 3. The van der Waals surface area contributed by atoms with E-state index in [2.05, 4.69) is 53.6 Å². The number of likely N-dealkylation sites (tertiary alicyclic amines) is 2. The average molecular weight is 601 g/mol. The van der Waals surface area contributed by atoms with Crippen molar-refractivity contribution in [2.45, 2.75) is 65.2 Å². The molecular formula is C30H44N6O7. The highest BCUT2D eigenvalue weighted by Crippen LogP contribution is 2.37. The van der Waals surface area contributed by atoms with Gasteiger partial charge in [-0.15, -0.1) is 10.1 Å². The summed E-state index contributed by atoms with van der Waals surface area (Å²) in [6.07, 6.45) is 4.32. The van der Waals surface area contributed by atoms with Crippen molar-refractivity contribution in [3.8, 4) is 0 Å². The number of nitrogens with one attached hydrogen (secondary N) is 2. The molecule has 2 aliphatic heterocycles. The highest BCUT2D eigenvalue weighted by atomic mass is 16.9. The number of nitro benzene ring substituents is 1. The van der Waals surface area contributed by atoms with E-state index in [-0.39, 0.29) is 28.3 Å². The van der Waals surface area contributed by atoms with Gasteiger partial charge in [0.05, 0.1) is 10.6 Å². The summed E-state index contributed by atoms with van der Waals surface area (Å²) in [7, 11) is 4.25. The number of nitrogens with zero attached hydrogens (tertiary/aromatic N) is 4. The first-order valence-electron chi connectivity index (χ1n) is 14.3. The zero-order valence-electron chi connectivity index (χ0n) is 25.9. The van der Waals surface area contributed by atoms with Crippen LogP contribution in [0.4, 0.5) is 17.1 Å². The number of amides is 2. The smallest absolute Gasteiger partial charge is 0.291 e. The molecule has 2 saturated heterocycles. The molecule has 43 heavy (non-hydrogen) atoms. The summed E-state index contributed by atoms with van der Waals surface area (Å²) in [4.78, 5) is 46.2. The molecule has 0 unspecified atom stereocenters. The van der Waals surface area contributed by atoms with E-state index in [1.165, 1.54) is 44.5 Å². The molecule has 0 spiro atoms. The number of benzene rings is 2. The molecule has 2 amide bonds. The molecule has 13 nitrogen and oxygen atoms in total. The van der Waals surface area contributed by atoms with E-state index in [1.807, 2.05) is 19.1 Å². The van der Waals surface area contributed by atoms with Gasteiger partial charge in [0.25, 0.3) is 10.8 Å². The first-order valence-corrected chi connectivity index (χ1v) is 14.3. The molecule has 0 atom stereocenters. The van der Waals surface area contributed by atoms with Crippen LogP contribution < -0.4 is 10.6 Å². The van der Waals surface area contributed by atoms with Gasteiger partial charge < -0.3 is 25.6 Å². The molecule has 3 N–H and O–H groups in total. The van der Waals surface area contributed by atoms with Crippen molar-refractivity contribution < 1.29 is 24.8 Å². The van der Waals surface area contributed by atoms with Gasteiger partial charge in [-0.05, 0) is 120 Å². The third-order valence-corrected chi connectivity index (χ3v) is 7.79. The Balaban J connectivity index is 0.000000269. The molecule has 2 aromatic carbocycles. The minimum atomic E-state index is -1.50. The maximum Gasteiger partial charge on any atom is 0.291 e. The number of carbonyl (C=O) groups excluding carboxylic acids is 2. The number of carbonyl (C=O) groups is 2. The minimum Gasteiger partial charge on any atom is -0.328 e. The SMILES string of the molecule is CC(=O)Nc1cc([N+](=O)[O-])c(C2CCN(C)CC2)cc1C.CC(=O)Nc1ccc(C2CCN(C)CC2)cc1C.O=[N+]([O-])O. The number of aryl methyl sites for hydroxylation is 2. The summed E-state index contributed by atoms with van der Waals surface area (Å²) in [5.74, 6) is 0.655. The molecule has 236 valence electrons. The maximum atomic E-state index is 11.4. The lowest BCUT2D eigenvalue weighted by Gasteiger charge is -2.29. The zero-order chi connectivity index (χ0) is 32.3. The quantitative estimate of drug-likeness (QED) is 0.312. The van der Waals surface area contributed by atoms with E-state index >= 15 is 0 Å². The summed E-state index contributed by atoms with van der Waals surface area (Å²) in [5, 5.41) is 30.5. The summed E-state index contributed by atoms with van der Waals surface area (Å²) in [6, 6.07) is 9.77. The van der Waals surface area contributed by atoms with Crippen LogP contribution in [0.25, 0.3) is 0 Å².